The van der Waals surface area contributed by atoms with Gasteiger partial charge in [0.05, 0.1) is 0 Å². The summed E-state index contributed by atoms with van der Waals surface area (Å²) in [5, 5.41) is 6.10. The molecule has 1 fully saturated rings. The fraction of sp³-hybridized carbons (Fsp3) is 0.273. The van der Waals surface area contributed by atoms with Crippen molar-refractivity contribution < 1.29 is 0 Å². The molecule has 35 heavy (non-hydrogen) atoms. The molecule has 0 aliphatic heterocycles. The fourth-order valence-corrected chi connectivity index (χ4v) is 13.9. The van der Waals surface area contributed by atoms with E-state index in [1.54, 1.807) is 0 Å². The molecule has 2 heteroatoms. The van der Waals surface area contributed by atoms with Crippen molar-refractivity contribution in [3.8, 4) is 0 Å². The van der Waals surface area contributed by atoms with Crippen LogP contribution in [0.5, 0.6) is 0 Å². The molecule has 178 valence electrons. The molecule has 0 atom stereocenters. The van der Waals surface area contributed by atoms with Crippen LogP contribution in [0, 0.1) is 11.8 Å². The maximum absolute atomic E-state index is 2.42. The molecule has 0 N–H and O–H groups in total. The second kappa shape index (κ2) is 11.2. The van der Waals surface area contributed by atoms with E-state index < -0.39 is 15.8 Å². The molecule has 1 aliphatic rings. The van der Waals surface area contributed by atoms with E-state index in [1.807, 2.05) is 0 Å². The largest absolute Gasteiger partial charge is 0.0625 e. The van der Waals surface area contributed by atoms with Gasteiger partial charge in [-0.25, -0.2) is 0 Å². The molecular formula is C33H36P2. The van der Waals surface area contributed by atoms with Gasteiger partial charge >= 0.3 is 0 Å². The quantitative estimate of drug-likeness (QED) is 0.230. The minimum absolute atomic E-state index is 0.224. The fourth-order valence-electron chi connectivity index (χ4n) is 5.88. The van der Waals surface area contributed by atoms with Crippen LogP contribution in [0.2, 0.25) is 0 Å². The van der Waals surface area contributed by atoms with Crippen molar-refractivity contribution in [1.82, 2.24) is 0 Å². The van der Waals surface area contributed by atoms with Gasteiger partial charge in [0.2, 0.25) is 0 Å². The molecule has 0 amide bonds. The highest BCUT2D eigenvalue weighted by molar-refractivity contribution is 7.90. The Morgan fingerprint density at radius 3 is 1.06 bits per heavy atom. The topological polar surface area (TPSA) is 0 Å². The van der Waals surface area contributed by atoms with Crippen molar-refractivity contribution in [2.24, 2.45) is 11.8 Å². The Balaban J connectivity index is 1.75. The van der Waals surface area contributed by atoms with Gasteiger partial charge in [0.1, 0.15) is 0 Å². The van der Waals surface area contributed by atoms with E-state index in [1.165, 1.54) is 46.9 Å². The van der Waals surface area contributed by atoms with Crippen LogP contribution in [0.25, 0.3) is 0 Å². The second-order valence-corrected chi connectivity index (χ2v) is 15.5. The van der Waals surface area contributed by atoms with Gasteiger partial charge in [-0.2, -0.15) is 0 Å². The van der Waals surface area contributed by atoms with Gasteiger partial charge < -0.3 is 0 Å². The predicted octanol–water partition coefficient (Wildman–Crippen LogP) is 7.79. The molecule has 0 aromatic heterocycles. The molecule has 0 nitrogen and oxygen atoms in total. The summed E-state index contributed by atoms with van der Waals surface area (Å²) in [7, 11) is -1.10. The van der Waals surface area contributed by atoms with E-state index in [0.29, 0.717) is 0 Å². The van der Waals surface area contributed by atoms with E-state index in [0.717, 1.165) is 11.8 Å². The van der Waals surface area contributed by atoms with Crippen molar-refractivity contribution in [3.63, 3.8) is 0 Å². The summed E-state index contributed by atoms with van der Waals surface area (Å²) < 4.78 is 0. The third-order valence-electron chi connectivity index (χ3n) is 7.66. The molecule has 0 bridgehead atoms. The van der Waals surface area contributed by atoms with Crippen LogP contribution in [-0.4, -0.2) is 4.90 Å². The average Bonchev–Trinajstić information content (AvgIpc) is 2.92. The van der Waals surface area contributed by atoms with Gasteiger partial charge in [-0.1, -0.05) is 135 Å². The third kappa shape index (κ3) is 5.16. The molecule has 4 aromatic rings. The highest BCUT2D eigenvalue weighted by Gasteiger charge is 2.49. The minimum atomic E-state index is -0.549. The highest BCUT2D eigenvalue weighted by atomic mass is 31.2. The Labute approximate surface area is 214 Å². The maximum atomic E-state index is 2.42. The smallest absolute Gasteiger partial charge is 0.0267 e. The van der Waals surface area contributed by atoms with Gasteiger partial charge in [-0.15, -0.1) is 0 Å². The summed E-state index contributed by atoms with van der Waals surface area (Å²) in [6.07, 6.45) is 5.24. The van der Waals surface area contributed by atoms with E-state index in [4.69, 9.17) is 0 Å². The highest BCUT2D eigenvalue weighted by Crippen LogP contribution is 2.71. The lowest BCUT2D eigenvalue weighted by Gasteiger charge is -2.52. The van der Waals surface area contributed by atoms with Crippen molar-refractivity contribution >= 4 is 37.1 Å². The zero-order valence-electron chi connectivity index (χ0n) is 20.9. The number of hydrogen-bond donors (Lipinski definition) is 0. The Kier molecular flexibility index (Phi) is 7.82. The summed E-state index contributed by atoms with van der Waals surface area (Å²) in [5.74, 6) is 1.59. The Bertz CT molecular complexity index is 1000. The lowest BCUT2D eigenvalue weighted by atomic mass is 9.81. The summed E-state index contributed by atoms with van der Waals surface area (Å²) >= 11 is 0. The molecular weight excluding hydrogens is 458 g/mol. The number of benzene rings is 4. The van der Waals surface area contributed by atoms with Gasteiger partial charge in [-0.05, 0) is 74.6 Å². The predicted molar refractivity (Wildman–Crippen MR) is 158 cm³/mol. The molecule has 1 saturated carbocycles. The zero-order valence-corrected chi connectivity index (χ0v) is 22.7. The van der Waals surface area contributed by atoms with E-state index in [2.05, 4.69) is 135 Å². The van der Waals surface area contributed by atoms with Crippen LogP contribution in [0.1, 0.15) is 39.5 Å². The number of hydrogen-bond acceptors (Lipinski definition) is 0. The monoisotopic (exact) mass is 494 g/mol. The van der Waals surface area contributed by atoms with Crippen molar-refractivity contribution in [2.45, 2.75) is 44.4 Å². The molecule has 1 aliphatic carbocycles. The summed E-state index contributed by atoms with van der Waals surface area (Å²) in [6.45, 7) is 4.85. The minimum Gasteiger partial charge on any atom is -0.0625 e. The van der Waals surface area contributed by atoms with Gasteiger partial charge in [0, 0.05) is 4.90 Å². The van der Waals surface area contributed by atoms with Crippen LogP contribution >= 0.6 is 15.8 Å². The molecule has 5 rings (SSSR count). The summed E-state index contributed by atoms with van der Waals surface area (Å²) in [5.41, 5.74) is 0. The standard InChI is InChI=1S/C33H36P2/c1-27(2)28-23-25-33(26-24-28,34(29-15-7-3-8-16-29)30-17-9-4-10-18-30)35(31-19-11-5-12-20-31)32-21-13-6-14-22-32/h3-22,27-28H,23-26H2,1-2H3. The first kappa shape index (κ1) is 24.4. The lowest BCUT2D eigenvalue weighted by molar-refractivity contribution is 0.272. The van der Waals surface area contributed by atoms with E-state index >= 15 is 0 Å². The van der Waals surface area contributed by atoms with Gasteiger partial charge in [0.25, 0.3) is 0 Å². The number of rotatable bonds is 7. The van der Waals surface area contributed by atoms with Crippen molar-refractivity contribution in [3.05, 3.63) is 121 Å². The molecule has 0 heterocycles. The SMILES string of the molecule is CC(C)C1CCC(P(c2ccccc2)c2ccccc2)(P(c2ccccc2)c2ccccc2)CC1. The van der Waals surface area contributed by atoms with Crippen molar-refractivity contribution in [1.29, 1.82) is 0 Å². The van der Waals surface area contributed by atoms with E-state index in [-0.39, 0.29) is 4.90 Å². The maximum Gasteiger partial charge on any atom is 0.0267 e. The first-order valence-electron chi connectivity index (χ1n) is 13.0. The van der Waals surface area contributed by atoms with Crippen LogP contribution in [0.3, 0.4) is 0 Å². The Morgan fingerprint density at radius 1 is 0.514 bits per heavy atom. The first-order valence-corrected chi connectivity index (χ1v) is 15.7. The van der Waals surface area contributed by atoms with Gasteiger partial charge in [-0.3, -0.25) is 0 Å². The lowest BCUT2D eigenvalue weighted by Crippen LogP contribution is -2.42. The zero-order chi connectivity index (χ0) is 24.1. The van der Waals surface area contributed by atoms with Crippen LogP contribution in [-0.2, 0) is 0 Å². The average molecular weight is 495 g/mol. The summed E-state index contributed by atoms with van der Waals surface area (Å²) in [4.78, 5) is 0.224. The van der Waals surface area contributed by atoms with Crippen LogP contribution in [0.15, 0.2) is 121 Å². The van der Waals surface area contributed by atoms with Gasteiger partial charge in [0.15, 0.2) is 0 Å². The second-order valence-electron chi connectivity index (χ2n) is 10.1. The molecule has 0 radical (unpaired) electrons. The van der Waals surface area contributed by atoms with Crippen molar-refractivity contribution in [2.75, 3.05) is 0 Å². The normalized spacial score (nSPS) is 16.1. The summed E-state index contributed by atoms with van der Waals surface area (Å²) in [6, 6.07) is 45.8. The molecule has 0 unspecified atom stereocenters. The third-order valence-corrected chi connectivity index (χ3v) is 14.7. The van der Waals surface area contributed by atoms with Crippen LogP contribution < -0.4 is 21.2 Å². The van der Waals surface area contributed by atoms with E-state index in [9.17, 15) is 0 Å². The van der Waals surface area contributed by atoms with Crippen LogP contribution in [0.4, 0.5) is 0 Å². The Morgan fingerprint density at radius 2 is 0.800 bits per heavy atom. The molecule has 0 spiro atoms. The molecule has 4 aromatic carbocycles. The molecule has 0 saturated heterocycles. The Hall–Kier alpha value is -2.26. The first-order chi connectivity index (χ1) is 17.2.